The fourth-order valence-corrected chi connectivity index (χ4v) is 2.37. The molecule has 1 unspecified atom stereocenters. The Morgan fingerprint density at radius 3 is 2.75 bits per heavy atom. The van der Waals surface area contributed by atoms with Crippen LogP contribution in [-0.2, 0) is 9.47 Å². The maximum Gasteiger partial charge on any atom is 0.171 e. The Morgan fingerprint density at radius 2 is 2.00 bits per heavy atom. The van der Waals surface area contributed by atoms with Crippen molar-refractivity contribution in [2.45, 2.75) is 24.7 Å². The molecule has 2 aliphatic rings. The standard InChI is InChI=1S/C12H16N2O2/c1-5-13-6-2-10(1)11-9-15-12(16-11)3-7-14-8-4-12/h1-2,5-6,11,14H,3-4,7-9H2. The highest BCUT2D eigenvalue weighted by Crippen LogP contribution is 2.38. The van der Waals surface area contributed by atoms with Gasteiger partial charge in [-0.05, 0) is 17.7 Å². The smallest absolute Gasteiger partial charge is 0.171 e. The van der Waals surface area contributed by atoms with Crippen LogP contribution >= 0.6 is 0 Å². The van der Waals surface area contributed by atoms with Crippen LogP contribution in [0.3, 0.4) is 0 Å². The summed E-state index contributed by atoms with van der Waals surface area (Å²) in [6.45, 7) is 2.61. The molecule has 16 heavy (non-hydrogen) atoms. The van der Waals surface area contributed by atoms with E-state index in [1.165, 1.54) is 0 Å². The maximum atomic E-state index is 6.09. The van der Waals surface area contributed by atoms with Crippen molar-refractivity contribution in [3.05, 3.63) is 30.1 Å². The van der Waals surface area contributed by atoms with Crippen LogP contribution in [0.5, 0.6) is 0 Å². The lowest BCUT2D eigenvalue weighted by Gasteiger charge is -2.32. The average molecular weight is 220 g/mol. The summed E-state index contributed by atoms with van der Waals surface area (Å²) in [6.07, 6.45) is 5.54. The molecule has 86 valence electrons. The largest absolute Gasteiger partial charge is 0.347 e. The van der Waals surface area contributed by atoms with Gasteiger partial charge in [-0.1, -0.05) is 0 Å². The highest BCUT2D eigenvalue weighted by atomic mass is 16.7. The fraction of sp³-hybridized carbons (Fsp3) is 0.583. The van der Waals surface area contributed by atoms with Gasteiger partial charge in [0.2, 0.25) is 0 Å². The van der Waals surface area contributed by atoms with Gasteiger partial charge in [0.1, 0.15) is 6.10 Å². The Kier molecular flexibility index (Phi) is 2.63. The summed E-state index contributed by atoms with van der Waals surface area (Å²) in [5.41, 5.74) is 1.16. The predicted molar refractivity (Wildman–Crippen MR) is 58.8 cm³/mol. The molecule has 0 aliphatic carbocycles. The minimum absolute atomic E-state index is 0.0705. The van der Waals surface area contributed by atoms with E-state index in [0.29, 0.717) is 6.61 Å². The number of aromatic nitrogens is 1. The minimum atomic E-state index is -0.334. The summed E-state index contributed by atoms with van der Waals surface area (Å²) in [4.78, 5) is 4.01. The SMILES string of the molecule is c1cc(C2COC3(CCNCC3)O2)ccn1. The van der Waals surface area contributed by atoms with Crippen molar-refractivity contribution in [2.75, 3.05) is 19.7 Å². The Bertz CT molecular complexity index is 349. The van der Waals surface area contributed by atoms with E-state index in [2.05, 4.69) is 10.3 Å². The molecule has 3 heterocycles. The Labute approximate surface area is 95.0 Å². The third-order valence-electron chi connectivity index (χ3n) is 3.30. The first-order valence-corrected chi connectivity index (χ1v) is 5.80. The number of hydrogen-bond acceptors (Lipinski definition) is 4. The number of nitrogens with zero attached hydrogens (tertiary/aromatic N) is 1. The molecule has 4 nitrogen and oxygen atoms in total. The first kappa shape index (κ1) is 10.2. The average Bonchev–Trinajstić information content (AvgIpc) is 2.75. The fourth-order valence-electron chi connectivity index (χ4n) is 2.37. The van der Waals surface area contributed by atoms with Crippen LogP contribution in [-0.4, -0.2) is 30.5 Å². The second-order valence-electron chi connectivity index (χ2n) is 4.36. The monoisotopic (exact) mass is 220 g/mol. The number of hydrogen-bond donors (Lipinski definition) is 1. The number of rotatable bonds is 1. The Hall–Kier alpha value is -0.970. The molecule has 0 radical (unpaired) electrons. The minimum Gasteiger partial charge on any atom is -0.347 e. The quantitative estimate of drug-likeness (QED) is 0.773. The van der Waals surface area contributed by atoms with Gasteiger partial charge in [-0.3, -0.25) is 4.98 Å². The summed E-state index contributed by atoms with van der Waals surface area (Å²) < 4.78 is 12.0. The molecule has 0 saturated carbocycles. The number of nitrogens with one attached hydrogen (secondary N) is 1. The van der Waals surface area contributed by atoms with Crippen LogP contribution in [0.4, 0.5) is 0 Å². The molecular weight excluding hydrogens is 204 g/mol. The summed E-state index contributed by atoms with van der Waals surface area (Å²) in [6, 6.07) is 3.99. The number of piperidine rings is 1. The molecule has 0 aromatic carbocycles. The Balaban J connectivity index is 1.73. The third-order valence-corrected chi connectivity index (χ3v) is 3.30. The van der Waals surface area contributed by atoms with Crippen LogP contribution in [0, 0.1) is 0 Å². The van der Waals surface area contributed by atoms with Gasteiger partial charge in [0.15, 0.2) is 5.79 Å². The van der Waals surface area contributed by atoms with Gasteiger partial charge in [-0.2, -0.15) is 0 Å². The van der Waals surface area contributed by atoms with Crippen molar-refractivity contribution in [1.82, 2.24) is 10.3 Å². The predicted octanol–water partition coefficient (Wildman–Crippen LogP) is 1.25. The summed E-state index contributed by atoms with van der Waals surface area (Å²) in [7, 11) is 0. The summed E-state index contributed by atoms with van der Waals surface area (Å²) in [5.74, 6) is -0.334. The second-order valence-corrected chi connectivity index (χ2v) is 4.36. The van der Waals surface area contributed by atoms with Gasteiger partial charge in [0.25, 0.3) is 0 Å². The molecule has 1 N–H and O–H groups in total. The van der Waals surface area contributed by atoms with E-state index >= 15 is 0 Å². The topological polar surface area (TPSA) is 43.4 Å². The van der Waals surface area contributed by atoms with Crippen LogP contribution in [0.2, 0.25) is 0 Å². The van der Waals surface area contributed by atoms with Gasteiger partial charge in [0.05, 0.1) is 6.61 Å². The van der Waals surface area contributed by atoms with E-state index < -0.39 is 0 Å². The lowest BCUT2D eigenvalue weighted by Crippen LogP contribution is -2.42. The molecule has 2 fully saturated rings. The zero-order valence-corrected chi connectivity index (χ0v) is 9.19. The zero-order chi connectivity index (χ0) is 10.8. The second kappa shape index (κ2) is 4.13. The Morgan fingerprint density at radius 1 is 1.25 bits per heavy atom. The van der Waals surface area contributed by atoms with E-state index in [0.717, 1.165) is 31.5 Å². The van der Waals surface area contributed by atoms with E-state index in [9.17, 15) is 0 Å². The first-order valence-electron chi connectivity index (χ1n) is 5.80. The number of pyridine rings is 1. The van der Waals surface area contributed by atoms with Crippen LogP contribution in [0.25, 0.3) is 0 Å². The molecule has 1 aromatic rings. The molecule has 2 aliphatic heterocycles. The summed E-state index contributed by atoms with van der Waals surface area (Å²) in [5, 5.41) is 3.32. The highest BCUT2D eigenvalue weighted by Gasteiger charge is 2.42. The van der Waals surface area contributed by atoms with Crippen molar-refractivity contribution >= 4 is 0 Å². The van der Waals surface area contributed by atoms with Crippen LogP contribution < -0.4 is 5.32 Å². The van der Waals surface area contributed by atoms with Gasteiger partial charge in [-0.15, -0.1) is 0 Å². The van der Waals surface area contributed by atoms with Gasteiger partial charge >= 0.3 is 0 Å². The molecule has 2 saturated heterocycles. The third kappa shape index (κ3) is 1.84. The molecular formula is C12H16N2O2. The van der Waals surface area contributed by atoms with Gasteiger partial charge in [0, 0.05) is 38.3 Å². The molecule has 1 aromatic heterocycles. The molecule has 4 heteroatoms. The summed E-state index contributed by atoms with van der Waals surface area (Å²) >= 11 is 0. The van der Waals surface area contributed by atoms with E-state index in [4.69, 9.17) is 9.47 Å². The van der Waals surface area contributed by atoms with Crippen molar-refractivity contribution in [1.29, 1.82) is 0 Å². The lowest BCUT2D eigenvalue weighted by atomic mass is 10.1. The van der Waals surface area contributed by atoms with E-state index in [-0.39, 0.29) is 11.9 Å². The van der Waals surface area contributed by atoms with Crippen molar-refractivity contribution in [3.63, 3.8) is 0 Å². The van der Waals surface area contributed by atoms with E-state index in [1.54, 1.807) is 12.4 Å². The van der Waals surface area contributed by atoms with Crippen LogP contribution in [0.1, 0.15) is 24.5 Å². The van der Waals surface area contributed by atoms with Gasteiger partial charge in [-0.25, -0.2) is 0 Å². The van der Waals surface area contributed by atoms with E-state index in [1.807, 2.05) is 12.1 Å². The lowest BCUT2D eigenvalue weighted by molar-refractivity contribution is -0.183. The van der Waals surface area contributed by atoms with Crippen molar-refractivity contribution < 1.29 is 9.47 Å². The van der Waals surface area contributed by atoms with Crippen LogP contribution in [0.15, 0.2) is 24.5 Å². The molecule has 3 rings (SSSR count). The molecule has 1 atom stereocenters. The normalized spacial score (nSPS) is 28.4. The first-order chi connectivity index (χ1) is 7.88. The van der Waals surface area contributed by atoms with Crippen molar-refractivity contribution in [2.24, 2.45) is 0 Å². The van der Waals surface area contributed by atoms with Gasteiger partial charge < -0.3 is 14.8 Å². The zero-order valence-electron chi connectivity index (χ0n) is 9.19. The number of ether oxygens (including phenoxy) is 2. The molecule has 0 amide bonds. The highest BCUT2D eigenvalue weighted by molar-refractivity contribution is 5.14. The molecule has 0 bridgehead atoms. The molecule has 1 spiro atoms. The van der Waals surface area contributed by atoms with Crippen molar-refractivity contribution in [3.8, 4) is 0 Å². The maximum absolute atomic E-state index is 6.09.